The molecule has 0 aromatic heterocycles. The number of hydrogen-bond donors (Lipinski definition) is 3. The van der Waals surface area contributed by atoms with E-state index in [0.717, 1.165) is 22.9 Å². The Balaban J connectivity index is 0.00000162. The largest absolute Gasteiger partial charge is 0.505 e. The van der Waals surface area contributed by atoms with Gasteiger partial charge in [0, 0.05) is 16.1 Å². The average molecular weight is 336 g/mol. The molecule has 0 bridgehead atoms. The van der Waals surface area contributed by atoms with Crippen molar-refractivity contribution < 1.29 is 5.11 Å². The maximum Gasteiger partial charge on any atom is 0.144 e. The highest BCUT2D eigenvalue weighted by Crippen LogP contribution is 2.41. The van der Waals surface area contributed by atoms with Gasteiger partial charge in [0.25, 0.3) is 0 Å². The molecule has 5 N–H and O–H groups in total. The van der Waals surface area contributed by atoms with Crippen molar-refractivity contribution in [3.05, 3.63) is 22.2 Å². The molecule has 1 aromatic carbocycles. The molecular formula is C13H20BrClN2O. The fraction of sp³-hybridized carbons (Fsp3) is 0.538. The van der Waals surface area contributed by atoms with Gasteiger partial charge >= 0.3 is 0 Å². The number of phenolic OH excluding ortho intramolecular Hbond substituents is 1. The van der Waals surface area contributed by atoms with Crippen LogP contribution in [0.5, 0.6) is 5.75 Å². The van der Waals surface area contributed by atoms with E-state index in [-0.39, 0.29) is 24.2 Å². The van der Waals surface area contributed by atoms with Crippen LogP contribution >= 0.6 is 28.3 Å². The molecule has 0 aliphatic heterocycles. The van der Waals surface area contributed by atoms with Gasteiger partial charge in [-0.3, -0.25) is 0 Å². The first-order chi connectivity index (χ1) is 8.11. The zero-order valence-corrected chi connectivity index (χ0v) is 12.6. The summed E-state index contributed by atoms with van der Waals surface area (Å²) in [6.07, 6.45) is 6.05. The van der Waals surface area contributed by atoms with Gasteiger partial charge in [0.1, 0.15) is 5.75 Å². The highest BCUT2D eigenvalue weighted by molar-refractivity contribution is 9.10. The van der Waals surface area contributed by atoms with Gasteiger partial charge in [-0.05, 0) is 30.9 Å². The molecule has 0 unspecified atom stereocenters. The van der Waals surface area contributed by atoms with Crippen molar-refractivity contribution in [1.29, 1.82) is 0 Å². The van der Waals surface area contributed by atoms with Crippen LogP contribution in [0.4, 0.5) is 5.69 Å². The fourth-order valence-electron chi connectivity index (χ4n) is 2.65. The second-order valence-electron chi connectivity index (χ2n) is 4.82. The standard InChI is InChI=1S/C13H19BrN2O.ClH/c14-9-6-7-10(15)13(17)11(9)12(16)8-4-2-1-3-5-8;/h6-8,12,17H,1-5,15-16H2;1H/t12-;/m1./s1. The molecule has 5 heteroatoms. The minimum atomic E-state index is -0.131. The number of nitrogen functional groups attached to an aromatic ring is 1. The second-order valence-corrected chi connectivity index (χ2v) is 5.68. The minimum Gasteiger partial charge on any atom is -0.505 e. The van der Waals surface area contributed by atoms with Crippen LogP contribution in [0.2, 0.25) is 0 Å². The van der Waals surface area contributed by atoms with Crippen LogP contribution in [0.3, 0.4) is 0 Å². The van der Waals surface area contributed by atoms with Gasteiger partial charge in [0.2, 0.25) is 0 Å². The predicted octanol–water partition coefficient (Wildman–Crippen LogP) is 3.74. The molecule has 3 nitrogen and oxygen atoms in total. The Labute approximate surface area is 122 Å². The molecule has 0 radical (unpaired) electrons. The van der Waals surface area contributed by atoms with Crippen LogP contribution in [0.25, 0.3) is 0 Å². The maximum atomic E-state index is 10.0. The monoisotopic (exact) mass is 334 g/mol. The summed E-state index contributed by atoms with van der Waals surface area (Å²) in [6.45, 7) is 0. The first kappa shape index (κ1) is 15.6. The Bertz CT molecular complexity index is 408. The highest BCUT2D eigenvalue weighted by atomic mass is 79.9. The molecule has 1 fully saturated rings. The molecule has 0 heterocycles. The summed E-state index contributed by atoms with van der Waals surface area (Å²) in [6, 6.07) is 3.41. The van der Waals surface area contributed by atoms with Crippen molar-refractivity contribution in [2.24, 2.45) is 11.7 Å². The Morgan fingerprint density at radius 1 is 1.22 bits per heavy atom. The molecular weight excluding hydrogens is 316 g/mol. The van der Waals surface area contributed by atoms with Crippen LogP contribution in [-0.4, -0.2) is 5.11 Å². The molecule has 0 spiro atoms. The SMILES string of the molecule is Cl.Nc1ccc(Br)c([C@H](N)C2CCCCC2)c1O. The third-order valence-electron chi connectivity index (χ3n) is 3.69. The van der Waals surface area contributed by atoms with Gasteiger partial charge in [-0.2, -0.15) is 0 Å². The molecule has 0 saturated heterocycles. The van der Waals surface area contributed by atoms with Crippen molar-refractivity contribution in [3.8, 4) is 5.75 Å². The van der Waals surface area contributed by atoms with Crippen molar-refractivity contribution in [2.45, 2.75) is 38.1 Å². The number of rotatable bonds is 2. The number of halogens is 2. The summed E-state index contributed by atoms with van der Waals surface area (Å²) < 4.78 is 0.849. The van der Waals surface area contributed by atoms with Gasteiger partial charge < -0.3 is 16.6 Å². The minimum absolute atomic E-state index is 0. The van der Waals surface area contributed by atoms with Gasteiger partial charge in [-0.15, -0.1) is 12.4 Å². The summed E-state index contributed by atoms with van der Waals surface area (Å²) in [4.78, 5) is 0. The summed E-state index contributed by atoms with van der Waals surface area (Å²) >= 11 is 3.45. The highest BCUT2D eigenvalue weighted by Gasteiger charge is 2.26. The Morgan fingerprint density at radius 2 is 1.83 bits per heavy atom. The lowest BCUT2D eigenvalue weighted by Crippen LogP contribution is -2.24. The van der Waals surface area contributed by atoms with Gasteiger partial charge in [-0.25, -0.2) is 0 Å². The third kappa shape index (κ3) is 3.11. The van der Waals surface area contributed by atoms with E-state index in [4.69, 9.17) is 11.5 Å². The van der Waals surface area contributed by atoms with Crippen LogP contribution in [0, 0.1) is 5.92 Å². The Hall–Kier alpha value is -0.450. The number of nitrogens with two attached hydrogens (primary N) is 2. The van der Waals surface area contributed by atoms with E-state index in [1.165, 1.54) is 19.3 Å². The molecule has 0 amide bonds. The number of aromatic hydroxyl groups is 1. The van der Waals surface area contributed by atoms with E-state index in [1.807, 2.05) is 6.07 Å². The Kier molecular flexibility index (Phi) is 5.76. The summed E-state index contributed by atoms with van der Waals surface area (Å²) in [7, 11) is 0. The first-order valence-corrected chi connectivity index (χ1v) is 6.93. The zero-order chi connectivity index (χ0) is 12.4. The van der Waals surface area contributed by atoms with E-state index in [9.17, 15) is 5.11 Å². The van der Waals surface area contributed by atoms with Gasteiger partial charge in [0.15, 0.2) is 0 Å². The molecule has 1 aliphatic carbocycles. The average Bonchev–Trinajstić information content (AvgIpc) is 2.35. The molecule has 1 saturated carbocycles. The zero-order valence-electron chi connectivity index (χ0n) is 10.2. The normalized spacial score (nSPS) is 18.1. The van der Waals surface area contributed by atoms with Crippen molar-refractivity contribution in [3.63, 3.8) is 0 Å². The number of benzene rings is 1. The van der Waals surface area contributed by atoms with Crippen LogP contribution < -0.4 is 11.5 Å². The molecule has 2 rings (SSSR count). The van der Waals surface area contributed by atoms with Crippen LogP contribution in [0.15, 0.2) is 16.6 Å². The summed E-state index contributed by atoms with van der Waals surface area (Å²) in [5.74, 6) is 0.588. The second kappa shape index (κ2) is 6.64. The lowest BCUT2D eigenvalue weighted by atomic mass is 9.81. The lowest BCUT2D eigenvalue weighted by Gasteiger charge is -2.29. The van der Waals surface area contributed by atoms with Crippen molar-refractivity contribution >= 4 is 34.0 Å². The topological polar surface area (TPSA) is 72.3 Å². The molecule has 102 valence electrons. The smallest absolute Gasteiger partial charge is 0.144 e. The van der Waals surface area contributed by atoms with E-state index >= 15 is 0 Å². The maximum absolute atomic E-state index is 10.0. The van der Waals surface area contributed by atoms with Gasteiger partial charge in [0.05, 0.1) is 5.69 Å². The lowest BCUT2D eigenvalue weighted by molar-refractivity contribution is 0.302. The number of hydrogen-bond acceptors (Lipinski definition) is 3. The number of anilines is 1. The van der Waals surface area contributed by atoms with Crippen LogP contribution in [0.1, 0.15) is 43.7 Å². The summed E-state index contributed by atoms with van der Waals surface area (Å²) in [5, 5.41) is 10.0. The van der Waals surface area contributed by atoms with E-state index in [0.29, 0.717) is 11.6 Å². The molecule has 1 aliphatic rings. The molecule has 18 heavy (non-hydrogen) atoms. The van der Waals surface area contributed by atoms with Crippen LogP contribution in [-0.2, 0) is 0 Å². The van der Waals surface area contributed by atoms with E-state index in [2.05, 4.69) is 15.9 Å². The van der Waals surface area contributed by atoms with Gasteiger partial charge in [-0.1, -0.05) is 35.2 Å². The first-order valence-electron chi connectivity index (χ1n) is 6.13. The molecule has 1 atom stereocenters. The number of phenols is 1. The quantitative estimate of drug-likeness (QED) is 0.569. The van der Waals surface area contributed by atoms with Crippen molar-refractivity contribution in [1.82, 2.24) is 0 Å². The Morgan fingerprint density at radius 3 is 2.44 bits per heavy atom. The molecule has 1 aromatic rings. The predicted molar refractivity (Wildman–Crippen MR) is 81.0 cm³/mol. The van der Waals surface area contributed by atoms with E-state index in [1.54, 1.807) is 6.07 Å². The summed E-state index contributed by atoms with van der Waals surface area (Å²) in [5.41, 5.74) is 13.2. The van der Waals surface area contributed by atoms with Crippen molar-refractivity contribution in [2.75, 3.05) is 5.73 Å². The van der Waals surface area contributed by atoms with E-state index < -0.39 is 0 Å². The fourth-order valence-corrected chi connectivity index (χ4v) is 3.23. The third-order valence-corrected chi connectivity index (χ3v) is 4.38.